The van der Waals surface area contributed by atoms with Gasteiger partial charge < -0.3 is 15.3 Å². The number of nitrogens with zero attached hydrogens (tertiary/aromatic N) is 1. The number of carbonyl (C=O) groups is 1. The van der Waals surface area contributed by atoms with Gasteiger partial charge in [0.2, 0.25) is 0 Å². The van der Waals surface area contributed by atoms with Gasteiger partial charge in [0.15, 0.2) is 5.60 Å². The summed E-state index contributed by atoms with van der Waals surface area (Å²) in [6.07, 6.45) is 5.33. The van der Waals surface area contributed by atoms with Crippen molar-refractivity contribution in [1.82, 2.24) is 10.2 Å². The van der Waals surface area contributed by atoms with Crippen molar-refractivity contribution in [3.8, 4) is 0 Å². The summed E-state index contributed by atoms with van der Waals surface area (Å²) in [7, 11) is 2.00. The predicted octanol–water partition coefficient (Wildman–Crippen LogP) is 2.69. The molecule has 142 valence electrons. The summed E-state index contributed by atoms with van der Waals surface area (Å²) in [5.41, 5.74) is 0.584. The van der Waals surface area contributed by atoms with E-state index < -0.39 is 5.60 Å². The van der Waals surface area contributed by atoms with Crippen molar-refractivity contribution in [1.29, 1.82) is 0 Å². The average Bonchev–Trinajstić information content (AvgIpc) is 3.11. The molecule has 3 fully saturated rings. The molecule has 1 aliphatic heterocycles. The first-order valence-electron chi connectivity index (χ1n) is 10.3. The summed E-state index contributed by atoms with van der Waals surface area (Å²) >= 11 is 0. The third-order valence-electron chi connectivity index (χ3n) is 7.11. The van der Waals surface area contributed by atoms with Crippen LogP contribution in [0, 0.1) is 30.6 Å². The molecule has 4 nitrogen and oxygen atoms in total. The Hall–Kier alpha value is -1.39. The number of hydrogen-bond acceptors (Lipinski definition) is 3. The Labute approximate surface area is 157 Å². The van der Waals surface area contributed by atoms with Gasteiger partial charge in [0, 0.05) is 19.0 Å². The summed E-state index contributed by atoms with van der Waals surface area (Å²) in [6.45, 7) is 4.72. The zero-order valence-electron chi connectivity index (χ0n) is 16.1. The Morgan fingerprint density at radius 3 is 2.35 bits per heavy atom. The van der Waals surface area contributed by atoms with Crippen LogP contribution in [-0.4, -0.2) is 42.6 Å². The first kappa shape index (κ1) is 18.0. The minimum absolute atomic E-state index is 0.0384. The second kappa shape index (κ2) is 6.97. The Morgan fingerprint density at radius 2 is 1.77 bits per heavy atom. The topological polar surface area (TPSA) is 52.6 Å². The minimum Gasteiger partial charge on any atom is -0.375 e. The Morgan fingerprint density at radius 1 is 1.15 bits per heavy atom. The van der Waals surface area contributed by atoms with Crippen LogP contribution in [0.25, 0.3) is 0 Å². The van der Waals surface area contributed by atoms with Crippen molar-refractivity contribution in [2.75, 3.05) is 26.7 Å². The molecule has 26 heavy (non-hydrogen) atoms. The van der Waals surface area contributed by atoms with Crippen molar-refractivity contribution >= 4 is 5.91 Å². The second-order valence-electron chi connectivity index (χ2n) is 8.73. The van der Waals surface area contributed by atoms with Crippen LogP contribution < -0.4 is 5.32 Å². The van der Waals surface area contributed by atoms with Gasteiger partial charge >= 0.3 is 0 Å². The predicted molar refractivity (Wildman–Crippen MR) is 103 cm³/mol. The van der Waals surface area contributed by atoms with E-state index in [2.05, 4.69) is 5.32 Å². The van der Waals surface area contributed by atoms with E-state index in [1.165, 1.54) is 6.42 Å². The highest BCUT2D eigenvalue weighted by atomic mass is 16.3. The molecule has 0 radical (unpaired) electrons. The number of aliphatic hydroxyl groups is 1. The van der Waals surface area contributed by atoms with Crippen LogP contribution in [0.3, 0.4) is 0 Å². The number of benzene rings is 1. The van der Waals surface area contributed by atoms with E-state index in [1.807, 2.05) is 43.1 Å². The molecule has 0 spiro atoms. The van der Waals surface area contributed by atoms with Crippen LogP contribution in [0.15, 0.2) is 24.3 Å². The summed E-state index contributed by atoms with van der Waals surface area (Å²) < 4.78 is 0. The van der Waals surface area contributed by atoms with E-state index in [9.17, 15) is 9.90 Å². The van der Waals surface area contributed by atoms with E-state index in [1.54, 1.807) is 0 Å². The van der Waals surface area contributed by atoms with Gasteiger partial charge in [-0.05, 0) is 56.7 Å². The van der Waals surface area contributed by atoms with Gasteiger partial charge in [-0.1, -0.05) is 49.1 Å². The Bertz CT molecular complexity index is 641. The molecule has 2 saturated carbocycles. The number of likely N-dealkylation sites (tertiary alicyclic amines) is 1. The van der Waals surface area contributed by atoms with Crippen molar-refractivity contribution in [2.24, 2.45) is 23.7 Å². The molecule has 2 N–H and O–H groups in total. The standard InChI is InChI=1S/C22H32N2O2/c1-15-8-10-17(11-9-15)22(26,16-6-4-3-5-7-16)21(25)24-13-19-18(12-23-2)20(19)14-24/h8-11,16,18-20,23,26H,3-7,12-14H2,1-2H3. The third kappa shape index (κ3) is 2.97. The van der Waals surface area contributed by atoms with Crippen molar-refractivity contribution in [3.63, 3.8) is 0 Å². The van der Waals surface area contributed by atoms with Gasteiger partial charge in [-0.3, -0.25) is 4.79 Å². The fraction of sp³-hybridized carbons (Fsp3) is 0.682. The highest BCUT2D eigenvalue weighted by Crippen LogP contribution is 2.52. The SMILES string of the molecule is CNCC1C2CN(C(=O)C(O)(c3ccc(C)cc3)C3CCCCC3)CC12. The van der Waals surface area contributed by atoms with Crippen LogP contribution in [0.2, 0.25) is 0 Å². The van der Waals surface area contributed by atoms with Gasteiger partial charge in [0.05, 0.1) is 0 Å². The Balaban J connectivity index is 1.57. The van der Waals surface area contributed by atoms with Crippen molar-refractivity contribution in [3.05, 3.63) is 35.4 Å². The fourth-order valence-corrected chi connectivity index (χ4v) is 5.46. The van der Waals surface area contributed by atoms with Crippen molar-refractivity contribution < 1.29 is 9.90 Å². The normalized spacial score (nSPS) is 30.7. The van der Waals surface area contributed by atoms with Gasteiger partial charge in [0.25, 0.3) is 5.91 Å². The molecule has 4 heteroatoms. The number of nitrogens with one attached hydrogen (secondary N) is 1. The van der Waals surface area contributed by atoms with Crippen LogP contribution in [0.4, 0.5) is 0 Å². The first-order valence-corrected chi connectivity index (χ1v) is 10.3. The van der Waals surface area contributed by atoms with Crippen LogP contribution >= 0.6 is 0 Å². The van der Waals surface area contributed by atoms with Crippen LogP contribution in [-0.2, 0) is 10.4 Å². The number of carbonyl (C=O) groups excluding carboxylic acids is 1. The number of piperidine rings is 1. The number of rotatable bonds is 5. The maximum atomic E-state index is 13.5. The maximum Gasteiger partial charge on any atom is 0.259 e. The molecule has 3 atom stereocenters. The molecule has 2 aliphatic carbocycles. The van der Waals surface area contributed by atoms with E-state index in [4.69, 9.17) is 0 Å². The zero-order chi connectivity index (χ0) is 18.3. The second-order valence-corrected chi connectivity index (χ2v) is 8.73. The van der Waals surface area contributed by atoms with Gasteiger partial charge in [-0.15, -0.1) is 0 Å². The number of aryl methyl sites for hydroxylation is 1. The molecule has 1 heterocycles. The molecule has 3 unspecified atom stereocenters. The highest BCUT2D eigenvalue weighted by Gasteiger charge is 2.58. The Kier molecular flexibility index (Phi) is 4.83. The fourth-order valence-electron chi connectivity index (χ4n) is 5.46. The summed E-state index contributed by atoms with van der Waals surface area (Å²) in [4.78, 5) is 15.5. The molecule has 4 rings (SSSR count). The van der Waals surface area contributed by atoms with Crippen molar-refractivity contribution in [2.45, 2.75) is 44.6 Å². The quantitative estimate of drug-likeness (QED) is 0.853. The number of amides is 1. The zero-order valence-corrected chi connectivity index (χ0v) is 16.1. The highest BCUT2D eigenvalue weighted by molar-refractivity contribution is 5.87. The summed E-state index contributed by atoms with van der Waals surface area (Å²) in [6, 6.07) is 7.95. The van der Waals surface area contributed by atoms with Gasteiger partial charge in [0.1, 0.15) is 0 Å². The average molecular weight is 357 g/mol. The first-order chi connectivity index (χ1) is 12.6. The summed E-state index contributed by atoms with van der Waals surface area (Å²) in [5, 5.41) is 15.1. The largest absolute Gasteiger partial charge is 0.375 e. The molecule has 1 saturated heterocycles. The van der Waals surface area contributed by atoms with Crippen LogP contribution in [0.5, 0.6) is 0 Å². The van der Waals surface area contributed by atoms with E-state index in [-0.39, 0.29) is 11.8 Å². The molecule has 0 bridgehead atoms. The van der Waals surface area contributed by atoms with E-state index in [0.29, 0.717) is 17.8 Å². The number of fused-ring (bicyclic) bond motifs is 1. The molecule has 0 aromatic heterocycles. The monoisotopic (exact) mass is 356 g/mol. The van der Waals surface area contributed by atoms with E-state index >= 15 is 0 Å². The van der Waals surface area contributed by atoms with Gasteiger partial charge in [-0.2, -0.15) is 0 Å². The maximum absolute atomic E-state index is 13.5. The molecule has 1 aromatic rings. The molecular formula is C22H32N2O2. The third-order valence-corrected chi connectivity index (χ3v) is 7.11. The molecule has 1 amide bonds. The molecule has 1 aromatic carbocycles. The lowest BCUT2D eigenvalue weighted by molar-refractivity contribution is -0.160. The smallest absolute Gasteiger partial charge is 0.259 e. The minimum atomic E-state index is -1.36. The molecular weight excluding hydrogens is 324 g/mol. The van der Waals surface area contributed by atoms with E-state index in [0.717, 1.165) is 56.4 Å². The van der Waals surface area contributed by atoms with Crippen LogP contribution in [0.1, 0.15) is 43.2 Å². The van der Waals surface area contributed by atoms with Gasteiger partial charge in [-0.25, -0.2) is 0 Å². The lowest BCUT2D eigenvalue weighted by Gasteiger charge is -2.40. The summed E-state index contributed by atoms with van der Waals surface area (Å²) in [5.74, 6) is 1.95. The lowest BCUT2D eigenvalue weighted by atomic mass is 9.72. The molecule has 3 aliphatic rings. The number of hydrogen-bond donors (Lipinski definition) is 2. The lowest BCUT2D eigenvalue weighted by Crippen LogP contribution is -2.52.